The van der Waals surface area contributed by atoms with E-state index < -0.39 is 90.2 Å². The van der Waals surface area contributed by atoms with E-state index in [-0.39, 0.29) is 66.1 Å². The van der Waals surface area contributed by atoms with Crippen molar-refractivity contribution in [1.82, 2.24) is 0 Å². The molecule has 5 heterocycles. The molecule has 7 N–H and O–H groups in total. The molecule has 11 atom stereocenters. The first-order valence-electron chi connectivity index (χ1n) is 16.6. The minimum atomic E-state index is -2.34. The molecule has 0 saturated carbocycles. The van der Waals surface area contributed by atoms with E-state index in [2.05, 4.69) is 0 Å². The molecular weight excluding hydrogens is 672 g/mol. The van der Waals surface area contributed by atoms with E-state index in [4.69, 9.17) is 28.1 Å². The molecule has 4 aliphatic rings. The smallest absolute Gasteiger partial charge is 0.229 e. The van der Waals surface area contributed by atoms with Gasteiger partial charge in [-0.15, -0.1) is 0 Å². The van der Waals surface area contributed by atoms with Crippen molar-refractivity contribution in [3.63, 3.8) is 0 Å². The summed E-state index contributed by atoms with van der Waals surface area (Å²) in [6.45, 7) is 5.95. The second kappa shape index (κ2) is 10.7. The van der Waals surface area contributed by atoms with Crippen LogP contribution in [0.15, 0.2) is 32.2 Å². The van der Waals surface area contributed by atoms with Crippen LogP contribution in [0.25, 0.3) is 43.5 Å². The van der Waals surface area contributed by atoms with E-state index in [1.807, 2.05) is 0 Å². The van der Waals surface area contributed by atoms with Gasteiger partial charge >= 0.3 is 0 Å². The van der Waals surface area contributed by atoms with Gasteiger partial charge in [-0.1, -0.05) is 0 Å². The van der Waals surface area contributed by atoms with Crippen molar-refractivity contribution >= 4 is 43.5 Å². The molecule has 5 aromatic rings. The van der Waals surface area contributed by atoms with Crippen LogP contribution < -0.4 is 15.6 Å². The fraction of sp³-hybridized carbons (Fsp3) is 0.444. The summed E-state index contributed by atoms with van der Waals surface area (Å²) in [4.78, 5) is 27.7. The summed E-state index contributed by atoms with van der Waals surface area (Å²) in [6, 6.07) is 3.80. The topological polar surface area (TPSA) is 235 Å². The van der Waals surface area contributed by atoms with Crippen molar-refractivity contribution in [3.05, 3.63) is 60.9 Å². The highest BCUT2D eigenvalue weighted by atomic mass is 16.7. The predicted octanol–water partition coefficient (Wildman–Crippen LogP) is 1.82. The molecule has 6 unspecified atom stereocenters. The molecule has 15 heteroatoms. The van der Waals surface area contributed by atoms with Crippen LogP contribution in [0.4, 0.5) is 0 Å². The number of phenols is 2. The molecule has 1 saturated heterocycles. The van der Waals surface area contributed by atoms with Gasteiger partial charge in [0.2, 0.25) is 17.5 Å². The molecule has 0 amide bonds. The zero-order valence-electron chi connectivity index (χ0n) is 27.6. The first-order chi connectivity index (χ1) is 24.2. The van der Waals surface area contributed by atoms with Gasteiger partial charge in [0.25, 0.3) is 0 Å². The lowest BCUT2D eigenvalue weighted by molar-refractivity contribution is -0.323. The number of ether oxygens (including phenoxy) is 5. The molecule has 0 radical (unpaired) electrons. The Kier molecular flexibility index (Phi) is 6.86. The highest BCUT2D eigenvalue weighted by Crippen LogP contribution is 2.58. The van der Waals surface area contributed by atoms with Gasteiger partial charge in [0.1, 0.15) is 59.5 Å². The Morgan fingerprint density at radius 3 is 2.22 bits per heavy atom. The Labute approximate surface area is 286 Å². The lowest BCUT2D eigenvalue weighted by Crippen LogP contribution is -2.60. The van der Waals surface area contributed by atoms with Gasteiger partial charge in [-0.2, -0.15) is 0 Å². The molecule has 9 rings (SSSR count). The highest BCUT2D eigenvalue weighted by Gasteiger charge is 2.53. The van der Waals surface area contributed by atoms with Gasteiger partial charge in [-0.3, -0.25) is 9.59 Å². The third-order valence-electron chi connectivity index (χ3n) is 11.0. The van der Waals surface area contributed by atoms with E-state index in [0.717, 1.165) is 12.1 Å². The minimum Gasteiger partial charge on any atom is -0.507 e. The molecule has 4 aliphatic heterocycles. The molecule has 1 fully saturated rings. The largest absolute Gasteiger partial charge is 0.507 e. The van der Waals surface area contributed by atoms with Crippen molar-refractivity contribution in [3.8, 4) is 17.2 Å². The normalized spacial score (nSPS) is 34.5. The van der Waals surface area contributed by atoms with Crippen LogP contribution in [-0.4, -0.2) is 85.3 Å². The molecule has 15 nitrogen and oxygen atoms in total. The summed E-state index contributed by atoms with van der Waals surface area (Å²) >= 11 is 0. The summed E-state index contributed by atoms with van der Waals surface area (Å²) in [7, 11) is 0. The number of phenolic OH excluding ortho intramolecular Hbond substituents is 2. The van der Waals surface area contributed by atoms with E-state index in [1.54, 1.807) is 33.8 Å². The molecule has 51 heavy (non-hydrogen) atoms. The number of hydrogen-bond acceptors (Lipinski definition) is 15. The summed E-state index contributed by atoms with van der Waals surface area (Å²) in [5.74, 6) is -3.53. The Morgan fingerprint density at radius 2 is 1.49 bits per heavy atom. The minimum absolute atomic E-state index is 0.0307. The first kappa shape index (κ1) is 32.7. The number of aliphatic hydroxyl groups is 5. The molecule has 0 spiro atoms. The lowest BCUT2D eigenvalue weighted by atomic mass is 9.81. The van der Waals surface area contributed by atoms with E-state index in [9.17, 15) is 45.3 Å². The lowest BCUT2D eigenvalue weighted by Gasteiger charge is -2.46. The van der Waals surface area contributed by atoms with Crippen molar-refractivity contribution in [2.75, 3.05) is 6.61 Å². The number of rotatable bonds is 3. The summed E-state index contributed by atoms with van der Waals surface area (Å²) in [5.41, 5.74) is -0.942. The average molecular weight is 707 g/mol. The molecule has 1 aromatic heterocycles. The second-order valence-electron chi connectivity index (χ2n) is 13.9. The fourth-order valence-electron chi connectivity index (χ4n) is 8.65. The van der Waals surface area contributed by atoms with E-state index >= 15 is 0 Å². The number of hydrogen-bond donors (Lipinski definition) is 7. The van der Waals surface area contributed by atoms with Gasteiger partial charge in [0, 0.05) is 50.4 Å². The van der Waals surface area contributed by atoms with Crippen LogP contribution in [-0.2, 0) is 24.7 Å². The second-order valence-corrected chi connectivity index (χ2v) is 13.9. The van der Waals surface area contributed by atoms with E-state index in [1.165, 1.54) is 0 Å². The zero-order chi connectivity index (χ0) is 36.2. The maximum atomic E-state index is 14.0. The standard InChI is InChI=1S/C36H34O15/c1-9-20-14-5-13-22(29(20)41)15(38)6-17-23(13)25-26-24(30(42)21-10(2)47-12(4)36(45,27(21)25)51-33(14)11(3)46-9)18(7-16(39)34(26)48-17)49-35-32(44)31(43)28(40)19(8-37)50-35/h5-7,9-12,19,28,31-33,35,37,40-45H,8H2,1-4H3/t9?,10?,11?,12?,19-,28-,31+,32-,33?,35-,36?/m1/s1. The maximum Gasteiger partial charge on any atom is 0.229 e. The van der Waals surface area contributed by atoms with Crippen LogP contribution in [0, 0.1) is 0 Å². The van der Waals surface area contributed by atoms with Gasteiger partial charge in [-0.25, -0.2) is 0 Å². The van der Waals surface area contributed by atoms with Crippen LogP contribution in [0.3, 0.4) is 0 Å². The molecule has 2 bridgehead atoms. The average Bonchev–Trinajstić information content (AvgIpc) is 3.11. The van der Waals surface area contributed by atoms with Gasteiger partial charge in [0.05, 0.1) is 35.7 Å². The third-order valence-corrected chi connectivity index (χ3v) is 11.0. The molecule has 4 aromatic carbocycles. The summed E-state index contributed by atoms with van der Waals surface area (Å²) in [5, 5.41) is 78.5. The summed E-state index contributed by atoms with van der Waals surface area (Å²) < 4.78 is 36.7. The molecular formula is C36H34O15. The Hall–Kier alpha value is -4.16. The summed E-state index contributed by atoms with van der Waals surface area (Å²) in [6.07, 6.45) is -12.8. The van der Waals surface area contributed by atoms with Crippen LogP contribution in [0.5, 0.6) is 17.2 Å². The Balaban J connectivity index is 1.48. The van der Waals surface area contributed by atoms with Gasteiger partial charge in [-0.05, 0) is 39.3 Å². The molecule has 0 aliphatic carbocycles. The number of aromatic hydroxyl groups is 2. The van der Waals surface area contributed by atoms with Crippen molar-refractivity contribution in [1.29, 1.82) is 0 Å². The van der Waals surface area contributed by atoms with Crippen LogP contribution in [0.2, 0.25) is 0 Å². The monoisotopic (exact) mass is 706 g/mol. The van der Waals surface area contributed by atoms with Crippen LogP contribution >= 0.6 is 0 Å². The number of aliphatic hydroxyl groups excluding tert-OH is 4. The predicted molar refractivity (Wildman–Crippen MR) is 176 cm³/mol. The zero-order valence-corrected chi connectivity index (χ0v) is 27.6. The number of benzene rings is 4. The SMILES string of the molecule is CC1OC(C)C2OC3(O)c4c(c(O)c5c(O[C@@H]6O[C@H](CO)[C@@H](O)[C@H](O)[C@H]6O)cc(=O)c6oc7cc(=O)c8c(O)c1c2cc8c7c4c56)C(C)OC3C. The maximum absolute atomic E-state index is 14.0. The van der Waals surface area contributed by atoms with Crippen molar-refractivity contribution < 1.29 is 63.8 Å². The van der Waals surface area contributed by atoms with E-state index in [0.29, 0.717) is 11.1 Å². The highest BCUT2D eigenvalue weighted by molar-refractivity contribution is 6.28. The fourth-order valence-corrected chi connectivity index (χ4v) is 8.65. The first-order valence-corrected chi connectivity index (χ1v) is 16.6. The Morgan fingerprint density at radius 1 is 0.784 bits per heavy atom. The van der Waals surface area contributed by atoms with Gasteiger partial charge in [0.15, 0.2) is 11.0 Å². The van der Waals surface area contributed by atoms with Crippen LogP contribution in [0.1, 0.15) is 68.3 Å². The molecule has 268 valence electrons. The van der Waals surface area contributed by atoms with Crippen molar-refractivity contribution in [2.45, 2.75) is 94.7 Å². The quantitative estimate of drug-likeness (QED) is 0.105. The van der Waals surface area contributed by atoms with Crippen molar-refractivity contribution in [2.24, 2.45) is 0 Å². The third kappa shape index (κ3) is 4.09. The Bertz CT molecular complexity index is 2440. The van der Waals surface area contributed by atoms with Gasteiger partial charge < -0.3 is 63.8 Å².